The van der Waals surface area contributed by atoms with Gasteiger partial charge in [-0.2, -0.15) is 0 Å². The fourth-order valence-electron chi connectivity index (χ4n) is 1.88. The van der Waals surface area contributed by atoms with E-state index in [1.165, 1.54) is 21.0 Å². The number of hydrogen-bond donors (Lipinski definition) is 2. The van der Waals surface area contributed by atoms with E-state index in [1.807, 2.05) is 0 Å². The largest absolute Gasteiger partial charge is 0.433 e. The zero-order valence-corrected chi connectivity index (χ0v) is 9.84. The molecule has 0 radical (unpaired) electrons. The molecule has 1 aliphatic rings. The maximum atomic E-state index is 10.9. The van der Waals surface area contributed by atoms with Gasteiger partial charge in [0.05, 0.1) is 6.10 Å². The van der Waals surface area contributed by atoms with Crippen molar-refractivity contribution in [1.29, 1.82) is 0 Å². The van der Waals surface area contributed by atoms with Gasteiger partial charge in [0.1, 0.15) is 11.7 Å². The van der Waals surface area contributed by atoms with Crippen LogP contribution in [0, 0.1) is 0 Å². The Labute approximate surface area is 94.1 Å². The van der Waals surface area contributed by atoms with Gasteiger partial charge in [0, 0.05) is 14.0 Å². The summed E-state index contributed by atoms with van der Waals surface area (Å²) in [6.45, 7) is 4.24. The van der Waals surface area contributed by atoms with Crippen LogP contribution in [0.25, 0.3) is 0 Å². The first-order valence-corrected chi connectivity index (χ1v) is 5.06. The predicted molar refractivity (Wildman–Crippen MR) is 53.5 cm³/mol. The van der Waals surface area contributed by atoms with Crippen molar-refractivity contribution in [2.45, 2.75) is 51.0 Å². The van der Waals surface area contributed by atoms with Gasteiger partial charge < -0.3 is 24.4 Å². The van der Waals surface area contributed by atoms with E-state index >= 15 is 0 Å². The standard InChI is InChI=1S/C10H18O6/c1-5-7(12)10(3,13)8(14-4)9(15-5)16-6(2)11/h5,7-9,12-13H,1-4H3/t5-,7+,8-,9+,10+/m0/s1. The number of esters is 1. The molecule has 0 aromatic carbocycles. The summed E-state index contributed by atoms with van der Waals surface area (Å²) >= 11 is 0. The van der Waals surface area contributed by atoms with Crippen LogP contribution in [-0.2, 0) is 19.0 Å². The predicted octanol–water partition coefficient (Wildman–Crippen LogP) is -0.579. The van der Waals surface area contributed by atoms with Crippen LogP contribution in [0.2, 0.25) is 0 Å². The van der Waals surface area contributed by atoms with E-state index in [1.54, 1.807) is 6.92 Å². The first-order chi connectivity index (χ1) is 7.30. The Balaban J connectivity index is 2.89. The lowest BCUT2D eigenvalue weighted by molar-refractivity contribution is -0.317. The Hall–Kier alpha value is -0.690. The van der Waals surface area contributed by atoms with Gasteiger partial charge in [-0.1, -0.05) is 0 Å². The number of methoxy groups -OCH3 is 1. The van der Waals surface area contributed by atoms with E-state index in [2.05, 4.69) is 0 Å². The second-order valence-corrected chi connectivity index (χ2v) is 4.15. The van der Waals surface area contributed by atoms with Crippen molar-refractivity contribution < 1.29 is 29.2 Å². The van der Waals surface area contributed by atoms with Crippen LogP contribution in [0.4, 0.5) is 0 Å². The van der Waals surface area contributed by atoms with Crippen molar-refractivity contribution in [3.63, 3.8) is 0 Å². The number of ether oxygens (including phenoxy) is 3. The summed E-state index contributed by atoms with van der Waals surface area (Å²) in [5.41, 5.74) is -1.54. The van der Waals surface area contributed by atoms with Gasteiger partial charge in [-0.05, 0) is 13.8 Å². The lowest BCUT2D eigenvalue weighted by Crippen LogP contribution is -2.65. The maximum Gasteiger partial charge on any atom is 0.305 e. The van der Waals surface area contributed by atoms with Crippen molar-refractivity contribution in [2.24, 2.45) is 0 Å². The Morgan fingerprint density at radius 3 is 2.50 bits per heavy atom. The van der Waals surface area contributed by atoms with Crippen LogP contribution in [-0.4, -0.2) is 53.5 Å². The Morgan fingerprint density at radius 2 is 2.06 bits per heavy atom. The SMILES string of the molecule is CO[C@H]1[C@@H](OC(C)=O)O[C@@H](C)[C@@H](O)[C@@]1(C)O. The van der Waals surface area contributed by atoms with Crippen LogP contribution < -0.4 is 0 Å². The molecule has 0 saturated carbocycles. The summed E-state index contributed by atoms with van der Waals surface area (Å²) in [7, 11) is 1.35. The molecule has 0 unspecified atom stereocenters. The van der Waals surface area contributed by atoms with E-state index in [0.29, 0.717) is 0 Å². The molecule has 1 heterocycles. The number of carbonyl (C=O) groups excluding carboxylic acids is 1. The van der Waals surface area contributed by atoms with Gasteiger partial charge in [-0.3, -0.25) is 4.79 Å². The average Bonchev–Trinajstić information content (AvgIpc) is 2.14. The minimum Gasteiger partial charge on any atom is -0.433 e. The van der Waals surface area contributed by atoms with Gasteiger partial charge in [-0.15, -0.1) is 0 Å². The van der Waals surface area contributed by atoms with E-state index in [4.69, 9.17) is 14.2 Å². The molecule has 16 heavy (non-hydrogen) atoms. The molecule has 6 nitrogen and oxygen atoms in total. The molecule has 0 bridgehead atoms. The molecular formula is C10H18O6. The normalized spacial score (nSPS) is 44.1. The van der Waals surface area contributed by atoms with Crippen LogP contribution in [0.5, 0.6) is 0 Å². The van der Waals surface area contributed by atoms with Crippen LogP contribution >= 0.6 is 0 Å². The molecule has 0 aromatic rings. The molecule has 5 atom stereocenters. The summed E-state index contributed by atoms with van der Waals surface area (Å²) < 4.78 is 15.2. The van der Waals surface area contributed by atoms with Crippen molar-refractivity contribution in [3.8, 4) is 0 Å². The van der Waals surface area contributed by atoms with Gasteiger partial charge in [0.25, 0.3) is 0 Å². The molecule has 2 N–H and O–H groups in total. The first-order valence-electron chi connectivity index (χ1n) is 5.06. The fourth-order valence-corrected chi connectivity index (χ4v) is 1.88. The van der Waals surface area contributed by atoms with E-state index < -0.39 is 36.2 Å². The van der Waals surface area contributed by atoms with Crippen LogP contribution in [0.15, 0.2) is 0 Å². The first kappa shape index (κ1) is 13.4. The topological polar surface area (TPSA) is 85.2 Å². The maximum absolute atomic E-state index is 10.9. The molecule has 0 aliphatic carbocycles. The van der Waals surface area contributed by atoms with Gasteiger partial charge in [0.15, 0.2) is 6.10 Å². The lowest BCUT2D eigenvalue weighted by Gasteiger charge is -2.46. The number of carbonyl (C=O) groups is 1. The number of aliphatic hydroxyl groups is 2. The van der Waals surface area contributed by atoms with Crippen molar-refractivity contribution in [2.75, 3.05) is 7.11 Å². The molecule has 1 saturated heterocycles. The van der Waals surface area contributed by atoms with Crippen molar-refractivity contribution >= 4 is 5.97 Å². The van der Waals surface area contributed by atoms with E-state index in [9.17, 15) is 15.0 Å². The number of rotatable bonds is 2. The highest BCUT2D eigenvalue weighted by atomic mass is 16.7. The third-order valence-corrected chi connectivity index (χ3v) is 2.75. The summed E-state index contributed by atoms with van der Waals surface area (Å²) in [6, 6.07) is 0. The monoisotopic (exact) mass is 234 g/mol. The molecule has 94 valence electrons. The molecule has 1 aliphatic heterocycles. The van der Waals surface area contributed by atoms with E-state index in [0.717, 1.165) is 0 Å². The third-order valence-electron chi connectivity index (χ3n) is 2.75. The average molecular weight is 234 g/mol. The molecular weight excluding hydrogens is 216 g/mol. The number of hydrogen-bond acceptors (Lipinski definition) is 6. The van der Waals surface area contributed by atoms with Crippen molar-refractivity contribution in [3.05, 3.63) is 0 Å². The van der Waals surface area contributed by atoms with Crippen LogP contribution in [0.3, 0.4) is 0 Å². The summed E-state index contributed by atoms with van der Waals surface area (Å²) in [5.74, 6) is -0.536. The molecule has 6 heteroatoms. The second kappa shape index (κ2) is 4.67. The van der Waals surface area contributed by atoms with Gasteiger partial charge in [0.2, 0.25) is 6.29 Å². The fraction of sp³-hybridized carbons (Fsp3) is 0.900. The Bertz CT molecular complexity index is 264. The Kier molecular flexibility index (Phi) is 3.90. The highest BCUT2D eigenvalue weighted by Gasteiger charge is 2.53. The minimum absolute atomic E-state index is 0.536. The molecule has 1 fully saturated rings. The van der Waals surface area contributed by atoms with Crippen molar-refractivity contribution in [1.82, 2.24) is 0 Å². The zero-order chi connectivity index (χ0) is 12.5. The smallest absolute Gasteiger partial charge is 0.305 e. The number of aliphatic hydroxyl groups excluding tert-OH is 1. The van der Waals surface area contributed by atoms with E-state index in [-0.39, 0.29) is 0 Å². The molecule has 0 spiro atoms. The summed E-state index contributed by atoms with van der Waals surface area (Å²) in [6.07, 6.45) is -3.70. The van der Waals surface area contributed by atoms with Gasteiger partial charge >= 0.3 is 5.97 Å². The highest BCUT2D eigenvalue weighted by Crippen LogP contribution is 2.31. The second-order valence-electron chi connectivity index (χ2n) is 4.15. The quantitative estimate of drug-likeness (QED) is 0.622. The van der Waals surface area contributed by atoms with Gasteiger partial charge in [-0.25, -0.2) is 0 Å². The molecule has 0 amide bonds. The zero-order valence-electron chi connectivity index (χ0n) is 9.84. The summed E-state index contributed by atoms with van der Waals surface area (Å²) in [4.78, 5) is 10.9. The molecule has 1 rings (SSSR count). The lowest BCUT2D eigenvalue weighted by atomic mass is 9.86. The minimum atomic E-state index is -1.54. The Morgan fingerprint density at radius 1 is 1.50 bits per heavy atom. The van der Waals surface area contributed by atoms with Crippen LogP contribution in [0.1, 0.15) is 20.8 Å². The molecule has 0 aromatic heterocycles. The highest BCUT2D eigenvalue weighted by molar-refractivity contribution is 5.66. The summed E-state index contributed by atoms with van der Waals surface area (Å²) in [5, 5.41) is 19.9. The third kappa shape index (κ3) is 2.35.